The number of aliphatic hydroxyl groups excluding tert-OH is 1. The molecule has 3 heteroatoms. The van der Waals surface area contributed by atoms with Crippen LogP contribution in [0.1, 0.15) is 32.6 Å². The summed E-state index contributed by atoms with van der Waals surface area (Å²) in [5.74, 6) is 0.202. The van der Waals surface area contributed by atoms with Crippen molar-refractivity contribution in [3.8, 4) is 0 Å². The Hall–Kier alpha value is -0.570. The number of carbonyl (C=O) groups is 1. The number of aliphatic hydroxyl groups is 1. The fraction of sp³-hybridized carbons (Fsp3) is 0.889. The Bertz CT molecular complexity index is 159. The van der Waals surface area contributed by atoms with Crippen LogP contribution in [-0.4, -0.2) is 35.1 Å². The molecule has 1 fully saturated rings. The van der Waals surface area contributed by atoms with Crippen molar-refractivity contribution in [2.75, 3.05) is 13.1 Å². The largest absolute Gasteiger partial charge is 0.391 e. The van der Waals surface area contributed by atoms with Gasteiger partial charge in [-0.2, -0.15) is 0 Å². The van der Waals surface area contributed by atoms with Crippen LogP contribution in [-0.2, 0) is 4.79 Å². The number of hydrogen-bond acceptors (Lipinski definition) is 2. The molecule has 1 N–H and O–H groups in total. The lowest BCUT2D eigenvalue weighted by Gasteiger charge is -2.14. The van der Waals surface area contributed by atoms with Gasteiger partial charge in [0.1, 0.15) is 0 Å². The van der Waals surface area contributed by atoms with E-state index in [-0.39, 0.29) is 12.0 Å². The second kappa shape index (κ2) is 4.45. The van der Waals surface area contributed by atoms with Crippen LogP contribution >= 0.6 is 0 Å². The topological polar surface area (TPSA) is 40.5 Å². The first kappa shape index (κ1) is 9.52. The fourth-order valence-electron chi connectivity index (χ4n) is 1.45. The molecule has 1 amide bonds. The van der Waals surface area contributed by atoms with Crippen LogP contribution in [0.4, 0.5) is 0 Å². The van der Waals surface area contributed by atoms with Crippen molar-refractivity contribution in [2.24, 2.45) is 0 Å². The van der Waals surface area contributed by atoms with Gasteiger partial charge in [0.25, 0.3) is 0 Å². The highest BCUT2D eigenvalue weighted by molar-refractivity contribution is 5.76. The molecule has 1 unspecified atom stereocenters. The number of likely N-dealkylation sites (tertiary alicyclic amines) is 1. The van der Waals surface area contributed by atoms with Crippen LogP contribution in [0.2, 0.25) is 0 Å². The van der Waals surface area contributed by atoms with E-state index in [1.807, 2.05) is 0 Å². The Kier molecular flexibility index (Phi) is 3.53. The monoisotopic (exact) mass is 171 g/mol. The molecule has 0 aliphatic carbocycles. The Morgan fingerprint density at radius 2 is 2.42 bits per heavy atom. The molecule has 1 saturated heterocycles. The summed E-state index contributed by atoms with van der Waals surface area (Å²) >= 11 is 0. The van der Waals surface area contributed by atoms with Crippen molar-refractivity contribution in [1.82, 2.24) is 4.90 Å². The van der Waals surface area contributed by atoms with Crippen LogP contribution in [0, 0.1) is 0 Å². The molecule has 1 aliphatic rings. The molecular weight excluding hydrogens is 154 g/mol. The van der Waals surface area contributed by atoms with E-state index in [1.165, 1.54) is 0 Å². The Balaban J connectivity index is 2.23. The Labute approximate surface area is 73.4 Å². The Morgan fingerprint density at radius 3 is 2.92 bits per heavy atom. The number of amides is 1. The van der Waals surface area contributed by atoms with E-state index < -0.39 is 0 Å². The summed E-state index contributed by atoms with van der Waals surface area (Å²) in [5, 5.41) is 9.18. The zero-order valence-electron chi connectivity index (χ0n) is 7.62. The average molecular weight is 171 g/mol. The van der Waals surface area contributed by atoms with Crippen LogP contribution in [0.25, 0.3) is 0 Å². The zero-order chi connectivity index (χ0) is 8.97. The number of rotatable bonds is 3. The van der Waals surface area contributed by atoms with Gasteiger partial charge in [-0.3, -0.25) is 4.79 Å². The third-order valence-electron chi connectivity index (χ3n) is 2.26. The highest BCUT2D eigenvalue weighted by Crippen LogP contribution is 2.11. The van der Waals surface area contributed by atoms with Gasteiger partial charge in [-0.05, 0) is 12.8 Å². The molecule has 1 atom stereocenters. The van der Waals surface area contributed by atoms with E-state index in [0.29, 0.717) is 13.0 Å². The molecule has 1 aliphatic heterocycles. The standard InChI is InChI=1S/C9H17NO2/c1-2-3-4-9(12)10-6-5-8(11)7-10/h8,11H,2-7H2,1H3. The van der Waals surface area contributed by atoms with Crippen LogP contribution in [0.3, 0.4) is 0 Å². The third-order valence-corrected chi connectivity index (χ3v) is 2.26. The molecule has 0 saturated carbocycles. The molecule has 12 heavy (non-hydrogen) atoms. The fourth-order valence-corrected chi connectivity index (χ4v) is 1.45. The van der Waals surface area contributed by atoms with E-state index in [2.05, 4.69) is 6.92 Å². The predicted molar refractivity (Wildman–Crippen MR) is 46.7 cm³/mol. The SMILES string of the molecule is CCCCC(=O)N1CCC(O)C1. The van der Waals surface area contributed by atoms with E-state index in [9.17, 15) is 9.90 Å². The van der Waals surface area contributed by atoms with Crippen LogP contribution in [0.15, 0.2) is 0 Å². The molecular formula is C9H17NO2. The van der Waals surface area contributed by atoms with E-state index in [0.717, 1.165) is 25.8 Å². The van der Waals surface area contributed by atoms with Gasteiger partial charge in [0, 0.05) is 19.5 Å². The molecule has 1 rings (SSSR count). The summed E-state index contributed by atoms with van der Waals surface area (Å²) in [6.07, 6.45) is 3.13. The van der Waals surface area contributed by atoms with Crippen molar-refractivity contribution >= 4 is 5.91 Å². The van der Waals surface area contributed by atoms with Crippen molar-refractivity contribution in [1.29, 1.82) is 0 Å². The van der Waals surface area contributed by atoms with Crippen molar-refractivity contribution in [2.45, 2.75) is 38.7 Å². The lowest BCUT2D eigenvalue weighted by Crippen LogP contribution is -2.29. The van der Waals surface area contributed by atoms with Crippen molar-refractivity contribution in [3.05, 3.63) is 0 Å². The molecule has 0 aromatic carbocycles. The molecule has 0 bridgehead atoms. The number of hydrogen-bond donors (Lipinski definition) is 1. The second-order valence-corrected chi connectivity index (χ2v) is 3.39. The van der Waals surface area contributed by atoms with Crippen molar-refractivity contribution in [3.63, 3.8) is 0 Å². The molecule has 70 valence electrons. The van der Waals surface area contributed by atoms with Crippen LogP contribution in [0.5, 0.6) is 0 Å². The molecule has 3 nitrogen and oxygen atoms in total. The highest BCUT2D eigenvalue weighted by atomic mass is 16.3. The molecule has 0 aromatic rings. The highest BCUT2D eigenvalue weighted by Gasteiger charge is 2.23. The smallest absolute Gasteiger partial charge is 0.222 e. The summed E-state index contributed by atoms with van der Waals surface area (Å²) < 4.78 is 0. The Morgan fingerprint density at radius 1 is 1.67 bits per heavy atom. The van der Waals surface area contributed by atoms with Crippen LogP contribution < -0.4 is 0 Å². The number of carbonyl (C=O) groups excluding carboxylic acids is 1. The lowest BCUT2D eigenvalue weighted by molar-refractivity contribution is -0.130. The number of unbranched alkanes of at least 4 members (excludes halogenated alkanes) is 1. The van der Waals surface area contributed by atoms with Gasteiger partial charge in [-0.1, -0.05) is 13.3 Å². The first-order chi connectivity index (χ1) is 5.74. The van der Waals surface area contributed by atoms with E-state index in [4.69, 9.17) is 0 Å². The molecule has 0 spiro atoms. The lowest BCUT2D eigenvalue weighted by atomic mass is 10.2. The maximum absolute atomic E-state index is 11.4. The first-order valence-electron chi connectivity index (χ1n) is 4.70. The maximum Gasteiger partial charge on any atom is 0.222 e. The van der Waals surface area contributed by atoms with Gasteiger partial charge in [0.2, 0.25) is 5.91 Å². The predicted octanol–water partition coefficient (Wildman–Crippen LogP) is 0.770. The minimum Gasteiger partial charge on any atom is -0.391 e. The number of β-amino-alcohol motifs (C(OH)–C–C–N with tert-alkyl or cyclic N) is 1. The van der Waals surface area contributed by atoms with Gasteiger partial charge < -0.3 is 10.0 Å². The summed E-state index contributed by atoms with van der Waals surface area (Å²) in [5.41, 5.74) is 0. The van der Waals surface area contributed by atoms with Gasteiger partial charge in [0.05, 0.1) is 6.10 Å². The molecule has 1 heterocycles. The van der Waals surface area contributed by atoms with Gasteiger partial charge in [-0.25, -0.2) is 0 Å². The first-order valence-corrected chi connectivity index (χ1v) is 4.70. The minimum absolute atomic E-state index is 0.202. The van der Waals surface area contributed by atoms with E-state index in [1.54, 1.807) is 4.90 Å². The van der Waals surface area contributed by atoms with E-state index >= 15 is 0 Å². The van der Waals surface area contributed by atoms with Crippen molar-refractivity contribution < 1.29 is 9.90 Å². The summed E-state index contributed by atoms with van der Waals surface area (Å²) in [6.45, 7) is 3.36. The third kappa shape index (κ3) is 2.48. The normalized spacial score (nSPS) is 23.2. The maximum atomic E-state index is 11.4. The van der Waals surface area contributed by atoms with Gasteiger partial charge >= 0.3 is 0 Å². The van der Waals surface area contributed by atoms with Gasteiger partial charge in [0.15, 0.2) is 0 Å². The second-order valence-electron chi connectivity index (χ2n) is 3.39. The summed E-state index contributed by atoms with van der Waals surface area (Å²) in [4.78, 5) is 13.1. The molecule has 0 aromatic heterocycles. The summed E-state index contributed by atoms with van der Waals surface area (Å²) in [7, 11) is 0. The quantitative estimate of drug-likeness (QED) is 0.681. The number of nitrogens with zero attached hydrogens (tertiary/aromatic N) is 1. The summed E-state index contributed by atoms with van der Waals surface area (Å²) in [6, 6.07) is 0. The van der Waals surface area contributed by atoms with Gasteiger partial charge in [-0.15, -0.1) is 0 Å². The zero-order valence-corrected chi connectivity index (χ0v) is 7.62. The minimum atomic E-state index is -0.282. The average Bonchev–Trinajstić information content (AvgIpc) is 2.47. The molecule has 0 radical (unpaired) electrons.